The smallest absolute Gasteiger partial charge is 0.475 e. The topological polar surface area (TPSA) is 177 Å². The van der Waals surface area contributed by atoms with Crippen molar-refractivity contribution in [3.8, 4) is 11.1 Å². The molecule has 11 nitrogen and oxygen atoms in total. The molecule has 2 fully saturated rings. The summed E-state index contributed by atoms with van der Waals surface area (Å²) in [4.78, 5) is 64.1. The van der Waals surface area contributed by atoms with E-state index < -0.39 is 29.1 Å². The number of nitrogens with two attached hydrogens (primary N) is 1. The number of anilines is 2. The van der Waals surface area contributed by atoms with Crippen molar-refractivity contribution < 1.29 is 47.0 Å². The van der Waals surface area contributed by atoms with E-state index in [1.165, 1.54) is 16.7 Å². The van der Waals surface area contributed by atoms with Crippen LogP contribution >= 0.6 is 0 Å². The van der Waals surface area contributed by atoms with Crippen LogP contribution in [0.4, 0.5) is 29.3 Å². The van der Waals surface area contributed by atoms with Gasteiger partial charge < -0.3 is 26.2 Å². The van der Waals surface area contributed by atoms with Gasteiger partial charge in [-0.25, -0.2) is 9.59 Å². The number of nitrogen functional groups attached to an aromatic ring is 1. The maximum absolute atomic E-state index is 14.6. The Morgan fingerprint density at radius 1 is 0.716 bits per heavy atom. The molecule has 0 aromatic heterocycles. The molecular weight excluding hydrogens is 862 g/mol. The Labute approximate surface area is 388 Å². The lowest BCUT2D eigenvalue weighted by atomic mass is 9.49. The van der Waals surface area contributed by atoms with Crippen molar-refractivity contribution in [2.75, 3.05) is 24.2 Å². The van der Waals surface area contributed by atoms with Gasteiger partial charge in [-0.3, -0.25) is 19.7 Å². The highest BCUT2D eigenvalue weighted by molar-refractivity contribution is 6.01. The van der Waals surface area contributed by atoms with E-state index in [0.29, 0.717) is 12.1 Å². The van der Waals surface area contributed by atoms with E-state index in [9.17, 15) is 32.3 Å². The largest absolute Gasteiger partial charge is 0.490 e. The molecule has 0 heterocycles. The van der Waals surface area contributed by atoms with E-state index >= 15 is 0 Å². The van der Waals surface area contributed by atoms with Gasteiger partial charge >= 0.3 is 18.2 Å². The Bertz CT molecular complexity index is 2590. The van der Waals surface area contributed by atoms with Gasteiger partial charge in [0.1, 0.15) is 13.2 Å². The van der Waals surface area contributed by atoms with Gasteiger partial charge in [0, 0.05) is 17.3 Å². The number of nitrogens with one attached hydrogen (secondary N) is 3. The number of rotatable bonds is 7. The van der Waals surface area contributed by atoms with Crippen LogP contribution in [-0.4, -0.2) is 54.2 Å². The summed E-state index contributed by atoms with van der Waals surface area (Å²) in [5.74, 6) is -3.37. The number of ether oxygens (including phenoxy) is 1. The van der Waals surface area contributed by atoms with Gasteiger partial charge in [0.15, 0.2) is 0 Å². The monoisotopic (exact) mass is 920 g/mol. The molecule has 0 saturated heterocycles. The minimum absolute atomic E-state index is 0.00852. The number of halogens is 3. The standard InChI is InChI=1S/C51H58N4O5.C2HF3O2/c1-48-23-9-25-50(3,42(48)21-17-31-15-19-33(52)27-40(31)48)45(57)55-46(58)51(4)26-10-24-49(2)41-28-34(20-16-32(41)18-22-43(49)51)54-44(56)29-53-47(59)60-30-39-37-13-7-5-11-35(37)36-12-6-8-14-38(36)39;3-2(4,5)1(6)7/h5-8,11-16,19-20,27-28,39,42-43H,9-10,17-18,21-26,29-30,52H2,1-4H3,(H,53,59)(H,54,56)(H,55,57,58);(H,6,7)/t42-,43-,48-,49-,50+,51+;/m1./s1. The summed E-state index contributed by atoms with van der Waals surface area (Å²) >= 11 is 0. The van der Waals surface area contributed by atoms with Crippen LogP contribution in [0.3, 0.4) is 0 Å². The predicted octanol–water partition coefficient (Wildman–Crippen LogP) is 9.74. The highest BCUT2D eigenvalue weighted by atomic mass is 19.4. The van der Waals surface area contributed by atoms with Crippen molar-refractivity contribution >= 4 is 41.2 Å². The Morgan fingerprint density at radius 2 is 1.21 bits per heavy atom. The zero-order valence-electron chi connectivity index (χ0n) is 38.4. The number of hydrogen-bond acceptors (Lipinski definition) is 7. The molecule has 6 atom stereocenters. The third kappa shape index (κ3) is 8.68. The van der Waals surface area contributed by atoms with Crippen molar-refractivity contribution in [3.63, 3.8) is 0 Å². The highest BCUT2D eigenvalue weighted by Gasteiger charge is 2.58. The van der Waals surface area contributed by atoms with Crippen molar-refractivity contribution in [3.05, 3.63) is 118 Å². The van der Waals surface area contributed by atoms with Gasteiger partial charge in [-0.05, 0) is 143 Å². The molecule has 67 heavy (non-hydrogen) atoms. The number of carbonyl (C=O) groups is 5. The van der Waals surface area contributed by atoms with Crippen molar-refractivity contribution in [2.45, 2.75) is 115 Å². The van der Waals surface area contributed by atoms with Crippen LogP contribution in [0.1, 0.15) is 118 Å². The lowest BCUT2D eigenvalue weighted by Crippen LogP contribution is -2.60. The Kier molecular flexibility index (Phi) is 12.6. The first kappa shape index (κ1) is 47.3. The van der Waals surface area contributed by atoms with E-state index in [1.54, 1.807) is 0 Å². The number of imide groups is 1. The van der Waals surface area contributed by atoms with Gasteiger partial charge in [-0.2, -0.15) is 13.2 Å². The summed E-state index contributed by atoms with van der Waals surface area (Å²) in [6.45, 7) is 8.64. The maximum atomic E-state index is 14.6. The summed E-state index contributed by atoms with van der Waals surface area (Å²) in [5.41, 5.74) is 15.2. The number of fused-ring (bicyclic) bond motifs is 9. The lowest BCUT2D eigenvalue weighted by molar-refractivity contribution is -0.192. The number of aryl methyl sites for hydroxylation is 2. The van der Waals surface area contributed by atoms with E-state index in [4.69, 9.17) is 20.4 Å². The molecule has 0 spiro atoms. The van der Waals surface area contributed by atoms with Crippen molar-refractivity contribution in [1.29, 1.82) is 0 Å². The summed E-state index contributed by atoms with van der Waals surface area (Å²) in [7, 11) is 0. The molecule has 5 aliphatic carbocycles. The Balaban J connectivity index is 0.000000807. The van der Waals surface area contributed by atoms with Crippen LogP contribution in [0.25, 0.3) is 11.1 Å². The van der Waals surface area contributed by atoms with E-state index in [0.717, 1.165) is 91.3 Å². The van der Waals surface area contributed by atoms with Crippen LogP contribution in [0.15, 0.2) is 84.9 Å². The average molecular weight is 921 g/mol. The van der Waals surface area contributed by atoms with Crippen molar-refractivity contribution in [1.82, 2.24) is 10.6 Å². The molecular formula is C53H59F3N4O7. The fourth-order valence-electron chi connectivity index (χ4n) is 13.0. The zero-order valence-corrected chi connectivity index (χ0v) is 38.4. The molecule has 0 radical (unpaired) electrons. The second kappa shape index (κ2) is 17.8. The fraction of sp³-hybridized carbons (Fsp3) is 0.453. The number of carboxylic acids is 1. The minimum atomic E-state index is -5.08. The van der Waals surface area contributed by atoms with Gasteiger partial charge in [0.25, 0.3) is 0 Å². The predicted molar refractivity (Wildman–Crippen MR) is 248 cm³/mol. The first-order valence-electron chi connectivity index (χ1n) is 23.3. The van der Waals surface area contributed by atoms with Gasteiger partial charge in [-0.1, -0.05) is 101 Å². The molecule has 354 valence electrons. The van der Waals surface area contributed by atoms with Crippen molar-refractivity contribution in [2.24, 2.45) is 22.7 Å². The quantitative estimate of drug-likeness (QED) is 0.0899. The highest BCUT2D eigenvalue weighted by Crippen LogP contribution is 2.60. The van der Waals surface area contributed by atoms with Crippen LogP contribution in [0.5, 0.6) is 0 Å². The molecule has 9 rings (SSSR count). The van der Waals surface area contributed by atoms with Crippen LogP contribution in [-0.2, 0) is 47.6 Å². The van der Waals surface area contributed by atoms with Gasteiger partial charge in [0.05, 0.1) is 10.8 Å². The number of benzene rings is 4. The number of alkyl halides is 3. The van der Waals surface area contributed by atoms with E-state index in [2.05, 4.69) is 92.2 Å². The first-order chi connectivity index (χ1) is 31.7. The van der Waals surface area contributed by atoms with Crippen LogP contribution in [0, 0.1) is 22.7 Å². The van der Waals surface area contributed by atoms with Crippen LogP contribution in [0.2, 0.25) is 0 Å². The van der Waals surface area contributed by atoms with Gasteiger partial charge in [-0.15, -0.1) is 0 Å². The summed E-state index contributed by atoms with van der Waals surface area (Å²) in [6.07, 6.45) is 2.87. The molecule has 14 heteroatoms. The SMILES string of the molecule is C[C@]1(C(=O)NC(=O)[C@@]2(C)CCC[C@]3(C)c4cc(NC(=O)CNC(=O)OCC5c6ccccc6-c6ccccc65)ccc4CC[C@@H]23)CCC[C@]2(C)c3cc(N)ccc3CC[C@@H]12.O=C(O)C(F)(F)F. The first-order valence-corrected chi connectivity index (χ1v) is 23.3. The molecule has 4 aromatic carbocycles. The Hall–Kier alpha value is -6.18. The minimum Gasteiger partial charge on any atom is -0.475 e. The maximum Gasteiger partial charge on any atom is 0.490 e. The summed E-state index contributed by atoms with van der Waals surface area (Å²) in [5, 5.41) is 15.8. The molecule has 0 bridgehead atoms. The number of carbonyl (C=O) groups excluding carboxylic acids is 4. The lowest BCUT2D eigenvalue weighted by Gasteiger charge is -2.56. The number of carboxylic acid groups (broad SMARTS) is 1. The number of amides is 4. The fourth-order valence-corrected chi connectivity index (χ4v) is 13.0. The molecule has 0 unspecified atom stereocenters. The zero-order chi connectivity index (χ0) is 48.1. The van der Waals surface area contributed by atoms with Gasteiger partial charge in [0.2, 0.25) is 17.7 Å². The van der Waals surface area contributed by atoms with E-state index in [-0.39, 0.29) is 59.5 Å². The molecule has 5 aliphatic rings. The summed E-state index contributed by atoms with van der Waals surface area (Å²) in [6, 6.07) is 28.6. The molecule has 0 aliphatic heterocycles. The summed E-state index contributed by atoms with van der Waals surface area (Å²) < 4.78 is 37.4. The average Bonchev–Trinajstić information content (AvgIpc) is 3.61. The van der Waals surface area contributed by atoms with Crippen LogP contribution < -0.4 is 21.7 Å². The molecule has 2 saturated carbocycles. The molecule has 4 aromatic rings. The molecule has 4 amide bonds. The number of hydrogen-bond donors (Lipinski definition) is 5. The second-order valence-electron chi connectivity index (χ2n) is 20.2. The number of aliphatic carboxylic acids is 1. The Morgan fingerprint density at radius 3 is 1.73 bits per heavy atom. The van der Waals surface area contributed by atoms with E-state index in [1.807, 2.05) is 36.4 Å². The third-order valence-corrected chi connectivity index (χ3v) is 16.3. The molecule has 6 N–H and O–H groups in total. The number of alkyl carbamates (subject to hydrolysis) is 1. The normalized spacial score (nSPS) is 26.9. The second-order valence-corrected chi connectivity index (χ2v) is 20.2. The third-order valence-electron chi connectivity index (χ3n) is 16.3.